The molecule has 0 heterocycles. The standard InChI is InChI=1S/C12H19NO/c1-4-10-9-11(14)7-8-12(10)13(5-2)6-3/h7-9,14H,4-6H2,1-3H3. The molecule has 1 rings (SSSR count). The summed E-state index contributed by atoms with van der Waals surface area (Å²) in [6.07, 6.45) is 0.959. The Kier molecular flexibility index (Phi) is 3.81. The molecule has 78 valence electrons. The van der Waals surface area contributed by atoms with Gasteiger partial charge < -0.3 is 10.0 Å². The summed E-state index contributed by atoms with van der Waals surface area (Å²) in [6, 6.07) is 5.61. The summed E-state index contributed by atoms with van der Waals surface area (Å²) in [4.78, 5) is 2.30. The largest absolute Gasteiger partial charge is 0.508 e. The average molecular weight is 193 g/mol. The van der Waals surface area contributed by atoms with Crippen molar-refractivity contribution in [3.05, 3.63) is 23.8 Å². The number of benzene rings is 1. The first-order valence-corrected chi connectivity index (χ1v) is 5.29. The molecule has 0 aliphatic heterocycles. The zero-order chi connectivity index (χ0) is 10.6. The molecular weight excluding hydrogens is 174 g/mol. The Hall–Kier alpha value is -1.18. The van der Waals surface area contributed by atoms with Crippen molar-refractivity contribution in [2.24, 2.45) is 0 Å². The number of rotatable bonds is 4. The van der Waals surface area contributed by atoms with E-state index in [4.69, 9.17) is 0 Å². The zero-order valence-electron chi connectivity index (χ0n) is 9.25. The van der Waals surface area contributed by atoms with Crippen LogP contribution < -0.4 is 4.90 Å². The molecule has 0 fully saturated rings. The third-order valence-corrected chi connectivity index (χ3v) is 2.55. The number of phenols is 1. The van der Waals surface area contributed by atoms with Crippen LogP contribution >= 0.6 is 0 Å². The first kappa shape index (κ1) is 10.9. The summed E-state index contributed by atoms with van der Waals surface area (Å²) in [5, 5.41) is 9.38. The van der Waals surface area contributed by atoms with Gasteiger partial charge >= 0.3 is 0 Å². The van der Waals surface area contributed by atoms with E-state index in [1.165, 1.54) is 11.3 Å². The van der Waals surface area contributed by atoms with Crippen molar-refractivity contribution in [3.63, 3.8) is 0 Å². The van der Waals surface area contributed by atoms with Crippen LogP contribution in [-0.2, 0) is 6.42 Å². The van der Waals surface area contributed by atoms with Gasteiger partial charge in [0.15, 0.2) is 0 Å². The molecule has 1 aromatic rings. The molecule has 0 aromatic heterocycles. The zero-order valence-corrected chi connectivity index (χ0v) is 9.25. The summed E-state index contributed by atoms with van der Waals surface area (Å²) >= 11 is 0. The van der Waals surface area contributed by atoms with Gasteiger partial charge in [-0.05, 0) is 44.0 Å². The van der Waals surface area contributed by atoms with E-state index in [2.05, 4.69) is 25.7 Å². The van der Waals surface area contributed by atoms with Gasteiger partial charge in [0.2, 0.25) is 0 Å². The fourth-order valence-corrected chi connectivity index (χ4v) is 1.73. The van der Waals surface area contributed by atoms with Gasteiger partial charge in [-0.25, -0.2) is 0 Å². The molecule has 0 aliphatic rings. The van der Waals surface area contributed by atoms with Crippen LogP contribution in [0.2, 0.25) is 0 Å². The summed E-state index contributed by atoms with van der Waals surface area (Å²) in [5.41, 5.74) is 2.46. The molecule has 0 saturated heterocycles. The Bertz CT molecular complexity index is 292. The van der Waals surface area contributed by atoms with Gasteiger partial charge in [0, 0.05) is 18.8 Å². The van der Waals surface area contributed by atoms with Crippen LogP contribution in [0.4, 0.5) is 5.69 Å². The highest BCUT2D eigenvalue weighted by Crippen LogP contribution is 2.25. The maximum atomic E-state index is 9.38. The number of anilines is 1. The average Bonchev–Trinajstić information content (AvgIpc) is 2.21. The number of aryl methyl sites for hydroxylation is 1. The SMILES string of the molecule is CCc1cc(O)ccc1N(CC)CC. The molecule has 0 amide bonds. The highest BCUT2D eigenvalue weighted by atomic mass is 16.3. The van der Waals surface area contributed by atoms with Crippen molar-refractivity contribution in [1.82, 2.24) is 0 Å². The number of nitrogens with zero attached hydrogens (tertiary/aromatic N) is 1. The second kappa shape index (κ2) is 4.89. The van der Waals surface area contributed by atoms with E-state index in [9.17, 15) is 5.11 Å². The summed E-state index contributed by atoms with van der Waals surface area (Å²) < 4.78 is 0. The van der Waals surface area contributed by atoms with E-state index in [1.54, 1.807) is 6.07 Å². The lowest BCUT2D eigenvalue weighted by molar-refractivity contribution is 0.474. The van der Waals surface area contributed by atoms with Crippen LogP contribution in [0.25, 0.3) is 0 Å². The minimum Gasteiger partial charge on any atom is -0.508 e. The van der Waals surface area contributed by atoms with E-state index < -0.39 is 0 Å². The maximum Gasteiger partial charge on any atom is 0.116 e. The van der Waals surface area contributed by atoms with E-state index >= 15 is 0 Å². The molecule has 0 aliphatic carbocycles. The van der Waals surface area contributed by atoms with Crippen LogP contribution in [0.15, 0.2) is 18.2 Å². The van der Waals surface area contributed by atoms with Crippen LogP contribution in [0.1, 0.15) is 26.3 Å². The summed E-state index contributed by atoms with van der Waals surface area (Å²) in [6.45, 7) is 8.43. The smallest absolute Gasteiger partial charge is 0.116 e. The molecule has 1 aromatic carbocycles. The van der Waals surface area contributed by atoms with E-state index in [0.717, 1.165) is 19.5 Å². The highest BCUT2D eigenvalue weighted by molar-refractivity contribution is 5.56. The Morgan fingerprint density at radius 2 is 1.79 bits per heavy atom. The normalized spacial score (nSPS) is 10.2. The second-order valence-electron chi connectivity index (χ2n) is 3.34. The van der Waals surface area contributed by atoms with E-state index in [-0.39, 0.29) is 0 Å². The molecule has 0 atom stereocenters. The Balaban J connectivity index is 3.06. The van der Waals surface area contributed by atoms with Gasteiger partial charge in [0.05, 0.1) is 0 Å². The second-order valence-corrected chi connectivity index (χ2v) is 3.34. The summed E-state index contributed by atoms with van der Waals surface area (Å²) in [7, 11) is 0. The number of hydrogen-bond acceptors (Lipinski definition) is 2. The number of phenolic OH excluding ortho intramolecular Hbond substituents is 1. The Morgan fingerprint density at radius 3 is 2.29 bits per heavy atom. The van der Waals surface area contributed by atoms with E-state index in [0.29, 0.717) is 5.75 Å². The number of hydrogen-bond donors (Lipinski definition) is 1. The molecule has 0 saturated carbocycles. The lowest BCUT2D eigenvalue weighted by Crippen LogP contribution is -2.22. The van der Waals surface area contributed by atoms with Gasteiger partial charge in [-0.1, -0.05) is 6.92 Å². The summed E-state index contributed by atoms with van der Waals surface area (Å²) in [5.74, 6) is 0.359. The van der Waals surface area contributed by atoms with Crippen LogP contribution in [0.3, 0.4) is 0 Å². The molecule has 14 heavy (non-hydrogen) atoms. The molecule has 2 heteroatoms. The minimum absolute atomic E-state index is 0.359. The van der Waals surface area contributed by atoms with Crippen molar-refractivity contribution >= 4 is 5.69 Å². The van der Waals surface area contributed by atoms with Gasteiger partial charge in [-0.2, -0.15) is 0 Å². The fourth-order valence-electron chi connectivity index (χ4n) is 1.73. The van der Waals surface area contributed by atoms with Gasteiger partial charge in [-0.3, -0.25) is 0 Å². The fraction of sp³-hybridized carbons (Fsp3) is 0.500. The lowest BCUT2D eigenvalue weighted by Gasteiger charge is -2.23. The molecule has 0 spiro atoms. The third-order valence-electron chi connectivity index (χ3n) is 2.55. The van der Waals surface area contributed by atoms with Gasteiger partial charge in [0.1, 0.15) is 5.75 Å². The molecule has 1 N–H and O–H groups in total. The quantitative estimate of drug-likeness (QED) is 0.794. The van der Waals surface area contributed by atoms with Crippen molar-refractivity contribution in [3.8, 4) is 5.75 Å². The van der Waals surface area contributed by atoms with Crippen molar-refractivity contribution in [2.45, 2.75) is 27.2 Å². The highest BCUT2D eigenvalue weighted by Gasteiger charge is 2.07. The van der Waals surface area contributed by atoms with Gasteiger partial charge in [0.25, 0.3) is 0 Å². The minimum atomic E-state index is 0.359. The topological polar surface area (TPSA) is 23.5 Å². The molecular formula is C12H19NO. The molecule has 2 nitrogen and oxygen atoms in total. The first-order chi connectivity index (χ1) is 6.72. The molecule has 0 radical (unpaired) electrons. The van der Waals surface area contributed by atoms with Crippen LogP contribution in [0, 0.1) is 0 Å². The first-order valence-electron chi connectivity index (χ1n) is 5.29. The number of aromatic hydroxyl groups is 1. The molecule has 0 unspecified atom stereocenters. The van der Waals surface area contributed by atoms with E-state index in [1.807, 2.05) is 12.1 Å². The maximum absolute atomic E-state index is 9.38. The predicted molar refractivity (Wildman–Crippen MR) is 61.0 cm³/mol. The monoisotopic (exact) mass is 193 g/mol. The Labute approximate surface area is 86.2 Å². The van der Waals surface area contributed by atoms with Crippen molar-refractivity contribution in [2.75, 3.05) is 18.0 Å². The predicted octanol–water partition coefficient (Wildman–Crippen LogP) is 2.80. The van der Waals surface area contributed by atoms with Crippen LogP contribution in [0.5, 0.6) is 5.75 Å². The van der Waals surface area contributed by atoms with Crippen LogP contribution in [-0.4, -0.2) is 18.2 Å². The third kappa shape index (κ3) is 2.19. The molecule has 0 bridgehead atoms. The lowest BCUT2D eigenvalue weighted by atomic mass is 10.1. The van der Waals surface area contributed by atoms with Crippen molar-refractivity contribution < 1.29 is 5.11 Å². The van der Waals surface area contributed by atoms with Crippen molar-refractivity contribution in [1.29, 1.82) is 0 Å². The Morgan fingerprint density at radius 1 is 1.14 bits per heavy atom. The van der Waals surface area contributed by atoms with Gasteiger partial charge in [-0.15, -0.1) is 0 Å².